The molecule has 1 aliphatic rings. The van der Waals surface area contributed by atoms with Gasteiger partial charge in [-0.1, -0.05) is 6.42 Å². The summed E-state index contributed by atoms with van der Waals surface area (Å²) in [4.78, 5) is 0. The highest BCUT2D eigenvalue weighted by Crippen LogP contribution is 1.96. The lowest BCUT2D eigenvalue weighted by molar-refractivity contribution is 1.27. The van der Waals surface area contributed by atoms with E-state index in [2.05, 4.69) is 12.5 Å². The van der Waals surface area contributed by atoms with Crippen LogP contribution in [0.4, 0.5) is 0 Å². The van der Waals surface area contributed by atoms with Crippen LogP contribution in [0.25, 0.3) is 0 Å². The van der Waals surface area contributed by atoms with E-state index in [0.29, 0.717) is 0 Å². The SMILES string of the molecule is [C-]1C=CC=CC1. The number of hydrogen-bond acceptors (Lipinski definition) is 0. The molecule has 0 saturated heterocycles. The predicted octanol–water partition coefficient (Wildman–Crippen LogP) is 1.58. The number of hydrogen-bond donors (Lipinski definition) is 0. The molecule has 0 bridgehead atoms. The van der Waals surface area contributed by atoms with E-state index in [1.165, 1.54) is 0 Å². The molecule has 0 fully saturated rings. The van der Waals surface area contributed by atoms with Crippen molar-refractivity contribution in [1.82, 2.24) is 0 Å². The fourth-order valence-corrected chi connectivity index (χ4v) is 0.406. The second-order valence-corrected chi connectivity index (χ2v) is 1.20. The van der Waals surface area contributed by atoms with E-state index < -0.39 is 0 Å². The van der Waals surface area contributed by atoms with Gasteiger partial charge in [-0.15, -0.1) is 12.2 Å². The Hall–Kier alpha value is -0.650. The van der Waals surface area contributed by atoms with Gasteiger partial charge in [0.15, 0.2) is 0 Å². The van der Waals surface area contributed by atoms with E-state index >= 15 is 0 Å². The molecule has 0 atom stereocenters. The topological polar surface area (TPSA) is 0 Å². The largest absolute Gasteiger partial charge is 0.271 e. The van der Waals surface area contributed by atoms with Gasteiger partial charge >= 0.3 is 0 Å². The summed E-state index contributed by atoms with van der Waals surface area (Å²) in [5.41, 5.74) is 0. The summed E-state index contributed by atoms with van der Waals surface area (Å²) in [6.07, 6.45) is 12.0. The Labute approximate surface area is 38.2 Å². The first-order valence-corrected chi connectivity index (χ1v) is 2.05. The molecule has 0 aromatic heterocycles. The van der Waals surface area contributed by atoms with Crippen LogP contribution in [-0.4, -0.2) is 0 Å². The second-order valence-electron chi connectivity index (χ2n) is 1.20. The van der Waals surface area contributed by atoms with Crippen LogP contribution in [0, 0.1) is 6.42 Å². The van der Waals surface area contributed by atoms with Crippen molar-refractivity contribution in [3.05, 3.63) is 30.7 Å². The quantitative estimate of drug-likeness (QED) is 0.386. The average molecular weight is 78.1 g/mol. The molecule has 31 valence electrons. The Morgan fingerprint density at radius 3 is 2.50 bits per heavy atom. The van der Waals surface area contributed by atoms with Crippen molar-refractivity contribution in [2.75, 3.05) is 0 Å². The smallest absolute Gasteiger partial charge is 0.0935 e. The fourth-order valence-electron chi connectivity index (χ4n) is 0.406. The van der Waals surface area contributed by atoms with Crippen LogP contribution in [0.15, 0.2) is 24.3 Å². The highest BCUT2D eigenvalue weighted by molar-refractivity contribution is 5.14. The minimum absolute atomic E-state index is 0.983. The van der Waals surface area contributed by atoms with Crippen LogP contribution in [0.5, 0.6) is 0 Å². The van der Waals surface area contributed by atoms with Gasteiger partial charge < -0.3 is 0 Å². The second kappa shape index (κ2) is 1.71. The standard InChI is InChI=1S/C6H6/c1-2-4-6-5-3-1/h1-4H,5H2/q-1. The van der Waals surface area contributed by atoms with Gasteiger partial charge in [-0.3, -0.25) is 6.42 Å². The van der Waals surface area contributed by atoms with Crippen LogP contribution in [0.1, 0.15) is 6.42 Å². The molecule has 0 nitrogen and oxygen atoms in total. The average Bonchev–Trinajstić information content (AvgIpc) is 1.72. The van der Waals surface area contributed by atoms with Crippen LogP contribution in [0.2, 0.25) is 0 Å². The third-order valence-electron chi connectivity index (χ3n) is 0.697. The van der Waals surface area contributed by atoms with Crippen molar-refractivity contribution < 1.29 is 0 Å². The Kier molecular flexibility index (Phi) is 1.01. The molecular formula is C6H6-. The van der Waals surface area contributed by atoms with Crippen molar-refractivity contribution in [1.29, 1.82) is 0 Å². The first-order valence-electron chi connectivity index (χ1n) is 2.05. The van der Waals surface area contributed by atoms with Crippen LogP contribution in [-0.2, 0) is 0 Å². The Morgan fingerprint density at radius 2 is 2.33 bits per heavy atom. The zero-order valence-electron chi connectivity index (χ0n) is 3.52. The molecule has 0 saturated carbocycles. The minimum atomic E-state index is 0.983. The van der Waals surface area contributed by atoms with E-state index in [4.69, 9.17) is 0 Å². The lowest BCUT2D eigenvalue weighted by Crippen LogP contribution is -1.69. The lowest BCUT2D eigenvalue weighted by Gasteiger charge is -2.01. The van der Waals surface area contributed by atoms with Gasteiger partial charge in [0.2, 0.25) is 0 Å². The molecular weight excluding hydrogens is 72.1 g/mol. The molecule has 0 unspecified atom stereocenters. The first kappa shape index (κ1) is 3.54. The molecule has 0 aliphatic heterocycles. The van der Waals surface area contributed by atoms with Gasteiger partial charge in [0, 0.05) is 0 Å². The summed E-state index contributed by atoms with van der Waals surface area (Å²) in [6.45, 7) is 0. The van der Waals surface area contributed by atoms with E-state index in [1.807, 2.05) is 18.2 Å². The highest BCUT2D eigenvalue weighted by atomic mass is 13.8. The van der Waals surface area contributed by atoms with Crippen LogP contribution < -0.4 is 0 Å². The summed E-state index contributed by atoms with van der Waals surface area (Å²) in [5, 5.41) is 0. The minimum Gasteiger partial charge on any atom is -0.271 e. The van der Waals surface area contributed by atoms with E-state index in [1.54, 1.807) is 0 Å². The van der Waals surface area contributed by atoms with Crippen LogP contribution >= 0.6 is 0 Å². The summed E-state index contributed by atoms with van der Waals surface area (Å²) < 4.78 is 0. The fraction of sp³-hybridized carbons (Fsp3) is 0.167. The highest BCUT2D eigenvalue weighted by Gasteiger charge is 1.65. The third kappa shape index (κ3) is 0.646. The molecule has 0 amide bonds. The molecule has 0 N–H and O–H groups in total. The zero-order valence-corrected chi connectivity index (χ0v) is 3.52. The van der Waals surface area contributed by atoms with Gasteiger partial charge in [0.05, 0.1) is 0 Å². The molecule has 1 rings (SSSR count). The molecule has 0 heteroatoms. The van der Waals surface area contributed by atoms with Gasteiger partial charge in [0.25, 0.3) is 0 Å². The molecule has 1 radical (unpaired) electrons. The Balaban J connectivity index is 2.46. The Bertz CT molecular complexity index is 66.0. The summed E-state index contributed by atoms with van der Waals surface area (Å²) in [7, 11) is 0. The first-order chi connectivity index (χ1) is 3.00. The van der Waals surface area contributed by atoms with Crippen molar-refractivity contribution in [3.63, 3.8) is 0 Å². The molecule has 0 heterocycles. The molecule has 0 aromatic carbocycles. The molecule has 0 spiro atoms. The van der Waals surface area contributed by atoms with Crippen molar-refractivity contribution in [2.45, 2.75) is 6.42 Å². The maximum absolute atomic E-state index is 3.02. The van der Waals surface area contributed by atoms with Crippen molar-refractivity contribution >= 4 is 0 Å². The third-order valence-corrected chi connectivity index (χ3v) is 0.697. The monoisotopic (exact) mass is 78.0 g/mol. The normalized spacial score (nSPS) is 17.3. The summed E-state index contributed by atoms with van der Waals surface area (Å²) in [6, 6.07) is 0. The van der Waals surface area contributed by atoms with Gasteiger partial charge in [-0.2, -0.15) is 0 Å². The Morgan fingerprint density at radius 1 is 1.33 bits per heavy atom. The predicted molar refractivity (Wildman–Crippen MR) is 26.1 cm³/mol. The summed E-state index contributed by atoms with van der Waals surface area (Å²) in [5.74, 6) is 0. The van der Waals surface area contributed by atoms with Gasteiger partial charge in [-0.05, 0) is 0 Å². The maximum Gasteiger partial charge on any atom is -0.0935 e. The number of allylic oxidation sites excluding steroid dienone is 4. The number of rotatable bonds is 0. The summed E-state index contributed by atoms with van der Waals surface area (Å²) >= 11 is 0. The van der Waals surface area contributed by atoms with Crippen molar-refractivity contribution in [3.8, 4) is 0 Å². The lowest BCUT2D eigenvalue weighted by atomic mass is 10.2. The van der Waals surface area contributed by atoms with Crippen molar-refractivity contribution in [2.24, 2.45) is 0 Å². The van der Waals surface area contributed by atoms with Gasteiger partial charge in [-0.25, -0.2) is 12.2 Å². The van der Waals surface area contributed by atoms with E-state index in [9.17, 15) is 0 Å². The molecule has 1 aliphatic carbocycles. The molecule has 0 aromatic rings. The van der Waals surface area contributed by atoms with Crippen LogP contribution in [0.3, 0.4) is 0 Å². The van der Waals surface area contributed by atoms with E-state index in [0.717, 1.165) is 6.42 Å². The molecule has 6 heavy (non-hydrogen) atoms. The maximum atomic E-state index is 3.02. The van der Waals surface area contributed by atoms with Gasteiger partial charge in [0.1, 0.15) is 0 Å². The van der Waals surface area contributed by atoms with E-state index in [-0.39, 0.29) is 0 Å². The zero-order chi connectivity index (χ0) is 4.24.